The van der Waals surface area contributed by atoms with E-state index in [0.29, 0.717) is 23.9 Å². The maximum Gasteiger partial charge on any atom is 0.264 e. The van der Waals surface area contributed by atoms with E-state index >= 15 is 4.39 Å². The van der Waals surface area contributed by atoms with E-state index in [0.717, 1.165) is 9.87 Å². The second kappa shape index (κ2) is 16.4. The number of nitrogens with one attached hydrogen (secondary N) is 1. The van der Waals surface area contributed by atoms with Gasteiger partial charge in [0.2, 0.25) is 11.8 Å². The number of hydrogen-bond donors (Lipinski definition) is 1. The predicted molar refractivity (Wildman–Crippen MR) is 182 cm³/mol. The lowest BCUT2D eigenvalue weighted by Gasteiger charge is -2.34. The molecule has 0 saturated carbocycles. The Morgan fingerprint density at radius 3 is 2.15 bits per heavy atom. The molecule has 8 nitrogen and oxygen atoms in total. The van der Waals surface area contributed by atoms with E-state index in [1.165, 1.54) is 47.4 Å². The summed E-state index contributed by atoms with van der Waals surface area (Å²) < 4.78 is 49.9. The molecule has 1 atom stereocenters. The van der Waals surface area contributed by atoms with Gasteiger partial charge in [-0.25, -0.2) is 12.8 Å². The molecule has 4 aromatic carbocycles. The summed E-state index contributed by atoms with van der Waals surface area (Å²) in [5.41, 5.74) is 1.16. The van der Waals surface area contributed by atoms with Crippen molar-refractivity contribution < 1.29 is 27.1 Å². The van der Waals surface area contributed by atoms with Crippen molar-refractivity contribution in [1.82, 2.24) is 10.2 Å². The number of nitrogens with zero attached hydrogens (tertiary/aromatic N) is 2. The van der Waals surface area contributed by atoms with E-state index < -0.39 is 40.2 Å². The molecular weight excluding hydrogens is 641 g/mol. The summed E-state index contributed by atoms with van der Waals surface area (Å²) in [5.74, 6) is -1.02. The Morgan fingerprint density at radius 2 is 1.53 bits per heavy atom. The number of sulfonamides is 1. The van der Waals surface area contributed by atoms with Crippen LogP contribution in [-0.4, -0.2) is 50.9 Å². The zero-order valence-corrected chi connectivity index (χ0v) is 28.2. The van der Waals surface area contributed by atoms with Crippen LogP contribution in [0.25, 0.3) is 0 Å². The Labute approximate surface area is 281 Å². The Bertz CT molecular complexity index is 1740. The van der Waals surface area contributed by atoms with Crippen molar-refractivity contribution in [3.63, 3.8) is 0 Å². The monoisotopic (exact) mass is 679 g/mol. The largest absolute Gasteiger partial charge is 0.494 e. The summed E-state index contributed by atoms with van der Waals surface area (Å²) >= 11 is 6.05. The van der Waals surface area contributed by atoms with Crippen molar-refractivity contribution in [3.05, 3.63) is 125 Å². The summed E-state index contributed by atoms with van der Waals surface area (Å²) in [6, 6.07) is 26.0. The van der Waals surface area contributed by atoms with Crippen molar-refractivity contribution in [2.75, 3.05) is 24.0 Å². The molecule has 0 aliphatic rings. The molecule has 4 aromatic rings. The van der Waals surface area contributed by atoms with Gasteiger partial charge >= 0.3 is 0 Å². The molecule has 0 unspecified atom stereocenters. The molecule has 1 N–H and O–H groups in total. The zero-order valence-electron chi connectivity index (χ0n) is 26.6. The maximum absolute atomic E-state index is 15.1. The summed E-state index contributed by atoms with van der Waals surface area (Å²) in [7, 11) is -4.32. The number of anilines is 1. The first-order valence-corrected chi connectivity index (χ1v) is 17.2. The molecule has 0 bridgehead atoms. The smallest absolute Gasteiger partial charge is 0.264 e. The van der Waals surface area contributed by atoms with E-state index in [1.54, 1.807) is 30.3 Å². The summed E-state index contributed by atoms with van der Waals surface area (Å²) in [4.78, 5) is 29.5. The van der Waals surface area contributed by atoms with Crippen molar-refractivity contribution >= 4 is 39.1 Å². The van der Waals surface area contributed by atoms with Gasteiger partial charge in [-0.15, -0.1) is 0 Å². The first kappa shape index (κ1) is 35.4. The molecule has 0 aromatic heterocycles. The number of hydrogen-bond acceptors (Lipinski definition) is 5. The lowest BCUT2D eigenvalue weighted by Crippen LogP contribution is -2.53. The molecule has 0 aliphatic carbocycles. The number of ether oxygens (including phenoxy) is 1. The van der Waals surface area contributed by atoms with E-state index in [1.807, 2.05) is 51.1 Å². The first-order chi connectivity index (χ1) is 22.5. The third-order valence-corrected chi connectivity index (χ3v) is 9.41. The van der Waals surface area contributed by atoms with Crippen LogP contribution in [0.1, 0.15) is 31.9 Å². The van der Waals surface area contributed by atoms with Gasteiger partial charge in [0.25, 0.3) is 10.0 Å². The minimum absolute atomic E-state index is 0.0836. The van der Waals surface area contributed by atoms with Crippen LogP contribution in [0.5, 0.6) is 5.75 Å². The zero-order chi connectivity index (χ0) is 34.0. The molecular formula is C36H39ClFN3O5S. The van der Waals surface area contributed by atoms with Gasteiger partial charge in [0, 0.05) is 30.1 Å². The molecule has 11 heteroatoms. The van der Waals surface area contributed by atoms with Gasteiger partial charge in [-0.2, -0.15) is 0 Å². The fourth-order valence-electron chi connectivity index (χ4n) is 4.92. The van der Waals surface area contributed by atoms with Crippen molar-refractivity contribution in [3.8, 4) is 5.75 Å². The molecule has 2 amide bonds. The van der Waals surface area contributed by atoms with Crippen LogP contribution in [0.4, 0.5) is 10.1 Å². The van der Waals surface area contributed by atoms with E-state index in [2.05, 4.69) is 5.32 Å². The highest BCUT2D eigenvalue weighted by Gasteiger charge is 2.35. The third-order valence-electron chi connectivity index (χ3n) is 7.37. The Kier molecular flexibility index (Phi) is 12.4. The molecule has 4 rings (SSSR count). The highest BCUT2D eigenvalue weighted by molar-refractivity contribution is 7.92. The third kappa shape index (κ3) is 9.56. The number of carbonyl (C=O) groups excluding carboxylic acids is 2. The molecule has 0 fully saturated rings. The number of carbonyl (C=O) groups is 2. The lowest BCUT2D eigenvalue weighted by atomic mass is 10.0. The highest BCUT2D eigenvalue weighted by atomic mass is 35.5. The van der Waals surface area contributed by atoms with Crippen molar-refractivity contribution in [1.29, 1.82) is 0 Å². The molecule has 248 valence electrons. The van der Waals surface area contributed by atoms with E-state index in [-0.39, 0.29) is 35.0 Å². The molecule has 47 heavy (non-hydrogen) atoms. The van der Waals surface area contributed by atoms with Gasteiger partial charge in [0.05, 0.1) is 17.2 Å². The van der Waals surface area contributed by atoms with Gasteiger partial charge in [-0.05, 0) is 73.0 Å². The summed E-state index contributed by atoms with van der Waals surface area (Å²) in [6.45, 7) is 5.56. The maximum atomic E-state index is 15.1. The topological polar surface area (TPSA) is 96.0 Å². The highest BCUT2D eigenvalue weighted by Crippen LogP contribution is 2.28. The molecule has 0 saturated heterocycles. The number of rotatable bonds is 15. The molecule has 0 radical (unpaired) electrons. The predicted octanol–water partition coefficient (Wildman–Crippen LogP) is 6.49. The number of amides is 2. The van der Waals surface area contributed by atoms with Gasteiger partial charge in [0.1, 0.15) is 24.2 Å². The first-order valence-electron chi connectivity index (χ1n) is 15.3. The van der Waals surface area contributed by atoms with Gasteiger partial charge in [0.15, 0.2) is 0 Å². The minimum atomic E-state index is -4.32. The van der Waals surface area contributed by atoms with Gasteiger partial charge in [-0.1, -0.05) is 74.0 Å². The van der Waals surface area contributed by atoms with Gasteiger partial charge < -0.3 is 15.0 Å². The second-order valence-corrected chi connectivity index (χ2v) is 13.6. The van der Waals surface area contributed by atoms with Crippen LogP contribution in [0, 0.1) is 11.7 Å². The molecule has 0 heterocycles. The quantitative estimate of drug-likeness (QED) is 0.155. The van der Waals surface area contributed by atoms with Crippen LogP contribution in [0.15, 0.2) is 108 Å². The van der Waals surface area contributed by atoms with Crippen LogP contribution in [-0.2, 0) is 32.6 Å². The van der Waals surface area contributed by atoms with Crippen LogP contribution >= 0.6 is 11.6 Å². The molecule has 0 spiro atoms. The summed E-state index contributed by atoms with van der Waals surface area (Å²) in [6.07, 6.45) is 0.123. The van der Waals surface area contributed by atoms with Crippen molar-refractivity contribution in [2.24, 2.45) is 5.92 Å². The Hall–Kier alpha value is -4.41. The summed E-state index contributed by atoms with van der Waals surface area (Å²) in [5, 5.41) is 3.27. The fraction of sp³-hybridized carbons (Fsp3) is 0.278. The Morgan fingerprint density at radius 1 is 0.894 bits per heavy atom. The normalized spacial score (nSPS) is 12.0. The number of halogens is 2. The van der Waals surface area contributed by atoms with Crippen LogP contribution in [0.2, 0.25) is 5.02 Å². The van der Waals surface area contributed by atoms with Crippen molar-refractivity contribution in [2.45, 2.75) is 44.7 Å². The minimum Gasteiger partial charge on any atom is -0.494 e. The SMILES string of the molecule is CCOc1ccc(N(CC(=O)N(Cc2ccccc2F)[C@H](Cc2ccccc2)C(=O)NCC(C)C)S(=O)(=O)c2ccc(Cl)cc2)cc1. The van der Waals surface area contributed by atoms with E-state index in [9.17, 15) is 18.0 Å². The van der Waals surface area contributed by atoms with Crippen LogP contribution < -0.4 is 14.4 Å². The van der Waals surface area contributed by atoms with Gasteiger partial charge in [-0.3, -0.25) is 13.9 Å². The molecule has 0 aliphatic heterocycles. The van der Waals surface area contributed by atoms with E-state index in [4.69, 9.17) is 16.3 Å². The standard InChI is InChI=1S/C36H39ClFN3O5S/c1-4-46-31-18-16-30(17-19-31)41(47(44,45)32-20-14-29(37)15-21-32)25-35(42)40(24-28-12-8-9-13-33(28)38)34(36(43)39-23-26(2)3)22-27-10-6-5-7-11-27/h5-21,26,34H,4,22-25H2,1-3H3,(H,39,43)/t34-/m1/s1. The number of benzene rings is 4. The fourth-order valence-corrected chi connectivity index (χ4v) is 6.46. The van der Waals surface area contributed by atoms with Crippen LogP contribution in [0.3, 0.4) is 0 Å². The second-order valence-electron chi connectivity index (χ2n) is 11.4. The Balaban J connectivity index is 1.80. The average Bonchev–Trinajstić information content (AvgIpc) is 3.06. The average molecular weight is 680 g/mol. The lowest BCUT2D eigenvalue weighted by molar-refractivity contribution is -0.140.